The standard InChI is InChI=1S/C11H18BrNO/c1-7(12)6-13(2)11(14)10-4-8-3-9(8)5-10/h7-10H,3-6H2,1-2H3. The van der Waals surface area contributed by atoms with Gasteiger partial charge in [0.1, 0.15) is 0 Å². The molecule has 2 rings (SSSR count). The van der Waals surface area contributed by atoms with Gasteiger partial charge in [0.25, 0.3) is 0 Å². The summed E-state index contributed by atoms with van der Waals surface area (Å²) in [5.74, 6) is 2.51. The van der Waals surface area contributed by atoms with Gasteiger partial charge in [-0.15, -0.1) is 0 Å². The van der Waals surface area contributed by atoms with Gasteiger partial charge in [0.05, 0.1) is 0 Å². The van der Waals surface area contributed by atoms with Gasteiger partial charge in [0, 0.05) is 24.3 Å². The Balaban J connectivity index is 1.82. The second-order valence-corrected chi connectivity index (χ2v) is 6.49. The third-order valence-corrected chi connectivity index (χ3v) is 3.78. The molecule has 0 aliphatic heterocycles. The molecule has 0 radical (unpaired) electrons. The molecule has 0 bridgehead atoms. The van der Waals surface area contributed by atoms with Crippen molar-refractivity contribution in [2.75, 3.05) is 13.6 Å². The Morgan fingerprint density at radius 2 is 2.00 bits per heavy atom. The zero-order valence-corrected chi connectivity index (χ0v) is 10.5. The second kappa shape index (κ2) is 3.84. The van der Waals surface area contributed by atoms with Crippen LogP contribution in [0.2, 0.25) is 0 Å². The van der Waals surface area contributed by atoms with E-state index in [-0.39, 0.29) is 0 Å². The fourth-order valence-electron chi connectivity index (χ4n) is 2.70. The average Bonchev–Trinajstić information content (AvgIpc) is 2.71. The van der Waals surface area contributed by atoms with Crippen molar-refractivity contribution in [3.05, 3.63) is 0 Å². The third-order valence-electron chi connectivity index (χ3n) is 3.49. The van der Waals surface area contributed by atoms with E-state index < -0.39 is 0 Å². The summed E-state index contributed by atoms with van der Waals surface area (Å²) in [4.78, 5) is 14.2. The quantitative estimate of drug-likeness (QED) is 0.713. The van der Waals surface area contributed by atoms with Crippen LogP contribution in [0.4, 0.5) is 0 Å². The first-order chi connectivity index (χ1) is 6.58. The Morgan fingerprint density at radius 3 is 2.50 bits per heavy atom. The largest absolute Gasteiger partial charge is 0.344 e. The maximum absolute atomic E-state index is 12.0. The SMILES string of the molecule is CC(Br)CN(C)C(=O)C1CC2CC2C1. The van der Waals surface area contributed by atoms with Crippen LogP contribution in [0.5, 0.6) is 0 Å². The van der Waals surface area contributed by atoms with Gasteiger partial charge in [-0.3, -0.25) is 4.79 Å². The molecule has 2 aliphatic carbocycles. The molecule has 1 amide bonds. The Bertz CT molecular complexity index is 231. The zero-order valence-electron chi connectivity index (χ0n) is 8.87. The summed E-state index contributed by atoms with van der Waals surface area (Å²) in [7, 11) is 1.92. The monoisotopic (exact) mass is 259 g/mol. The number of hydrogen-bond donors (Lipinski definition) is 0. The predicted molar refractivity (Wildman–Crippen MR) is 60.3 cm³/mol. The van der Waals surface area contributed by atoms with E-state index in [1.54, 1.807) is 0 Å². The number of rotatable bonds is 3. The molecule has 2 nitrogen and oxygen atoms in total. The lowest BCUT2D eigenvalue weighted by molar-refractivity contribution is -0.134. The van der Waals surface area contributed by atoms with Gasteiger partial charge in [-0.05, 0) is 31.1 Å². The van der Waals surface area contributed by atoms with E-state index in [1.807, 2.05) is 11.9 Å². The van der Waals surface area contributed by atoms with Crippen LogP contribution in [0.15, 0.2) is 0 Å². The first kappa shape index (κ1) is 10.5. The molecule has 80 valence electrons. The normalized spacial score (nSPS) is 36.4. The van der Waals surface area contributed by atoms with Crippen molar-refractivity contribution in [1.82, 2.24) is 4.90 Å². The highest BCUT2D eigenvalue weighted by Crippen LogP contribution is 2.54. The first-order valence-corrected chi connectivity index (χ1v) is 6.38. The van der Waals surface area contributed by atoms with Crippen molar-refractivity contribution in [3.8, 4) is 0 Å². The fraction of sp³-hybridized carbons (Fsp3) is 0.909. The summed E-state index contributed by atoms with van der Waals surface area (Å²) < 4.78 is 0. The highest BCUT2D eigenvalue weighted by atomic mass is 79.9. The van der Waals surface area contributed by atoms with Crippen molar-refractivity contribution >= 4 is 21.8 Å². The van der Waals surface area contributed by atoms with Gasteiger partial charge < -0.3 is 4.90 Å². The fourth-order valence-corrected chi connectivity index (χ4v) is 3.13. The minimum atomic E-state index is 0.343. The van der Waals surface area contributed by atoms with Gasteiger partial charge in [0.15, 0.2) is 0 Å². The Hall–Kier alpha value is -0.0500. The van der Waals surface area contributed by atoms with Crippen LogP contribution in [0, 0.1) is 17.8 Å². The summed E-state index contributed by atoms with van der Waals surface area (Å²) in [6, 6.07) is 0. The molecule has 2 aliphatic rings. The number of alkyl halides is 1. The van der Waals surface area contributed by atoms with E-state index in [9.17, 15) is 4.79 Å². The van der Waals surface area contributed by atoms with E-state index in [4.69, 9.17) is 0 Å². The van der Waals surface area contributed by atoms with E-state index >= 15 is 0 Å². The van der Waals surface area contributed by atoms with Crippen LogP contribution >= 0.6 is 15.9 Å². The molecular formula is C11H18BrNO. The van der Waals surface area contributed by atoms with Crippen LogP contribution in [0.1, 0.15) is 26.2 Å². The topological polar surface area (TPSA) is 20.3 Å². The molecule has 2 saturated carbocycles. The molecule has 0 aromatic heterocycles. The molecule has 0 spiro atoms. The molecule has 3 unspecified atom stereocenters. The van der Waals surface area contributed by atoms with Gasteiger partial charge in [-0.1, -0.05) is 22.9 Å². The Morgan fingerprint density at radius 1 is 1.43 bits per heavy atom. The summed E-state index contributed by atoms with van der Waals surface area (Å²) in [5.41, 5.74) is 0. The summed E-state index contributed by atoms with van der Waals surface area (Å²) in [6.07, 6.45) is 3.71. The molecule has 3 atom stereocenters. The van der Waals surface area contributed by atoms with Crippen LogP contribution in [0.3, 0.4) is 0 Å². The lowest BCUT2D eigenvalue weighted by atomic mass is 10.0. The maximum Gasteiger partial charge on any atom is 0.225 e. The number of amides is 1. The summed E-state index contributed by atoms with van der Waals surface area (Å²) in [6.45, 7) is 2.90. The maximum atomic E-state index is 12.0. The van der Waals surface area contributed by atoms with E-state index in [0.29, 0.717) is 16.7 Å². The molecule has 3 heteroatoms. The average molecular weight is 260 g/mol. The molecular weight excluding hydrogens is 242 g/mol. The molecule has 0 aromatic carbocycles. The number of fused-ring (bicyclic) bond motifs is 1. The van der Waals surface area contributed by atoms with Gasteiger partial charge in [-0.25, -0.2) is 0 Å². The van der Waals surface area contributed by atoms with Crippen LogP contribution in [-0.2, 0) is 4.79 Å². The van der Waals surface area contributed by atoms with Crippen molar-refractivity contribution in [2.45, 2.75) is 31.0 Å². The molecule has 0 N–H and O–H groups in total. The minimum absolute atomic E-state index is 0.343. The summed E-state index contributed by atoms with van der Waals surface area (Å²) >= 11 is 3.48. The van der Waals surface area contributed by atoms with Gasteiger partial charge >= 0.3 is 0 Å². The number of carbonyl (C=O) groups is 1. The second-order valence-electron chi connectivity index (χ2n) is 4.92. The van der Waals surface area contributed by atoms with Crippen LogP contribution < -0.4 is 0 Å². The highest BCUT2D eigenvalue weighted by Gasteiger charge is 2.48. The van der Waals surface area contributed by atoms with Crippen molar-refractivity contribution in [3.63, 3.8) is 0 Å². The van der Waals surface area contributed by atoms with E-state index in [2.05, 4.69) is 22.9 Å². The third kappa shape index (κ3) is 2.13. The van der Waals surface area contributed by atoms with Crippen molar-refractivity contribution < 1.29 is 4.79 Å². The number of carbonyl (C=O) groups excluding carboxylic acids is 1. The lowest BCUT2D eigenvalue weighted by Crippen LogP contribution is -2.35. The predicted octanol–water partition coefficient (Wildman–Crippen LogP) is 2.27. The minimum Gasteiger partial charge on any atom is -0.344 e. The van der Waals surface area contributed by atoms with Crippen molar-refractivity contribution in [2.24, 2.45) is 17.8 Å². The molecule has 0 aromatic rings. The Labute approximate surface area is 94.2 Å². The van der Waals surface area contributed by atoms with Crippen LogP contribution in [-0.4, -0.2) is 29.2 Å². The number of nitrogens with zero attached hydrogens (tertiary/aromatic N) is 1. The lowest BCUT2D eigenvalue weighted by Gasteiger charge is -2.22. The van der Waals surface area contributed by atoms with E-state index in [0.717, 1.165) is 31.2 Å². The zero-order chi connectivity index (χ0) is 10.3. The van der Waals surface area contributed by atoms with Gasteiger partial charge in [0.2, 0.25) is 5.91 Å². The van der Waals surface area contributed by atoms with Crippen molar-refractivity contribution in [1.29, 1.82) is 0 Å². The number of hydrogen-bond acceptors (Lipinski definition) is 1. The number of halogens is 1. The van der Waals surface area contributed by atoms with Crippen LogP contribution in [0.25, 0.3) is 0 Å². The first-order valence-electron chi connectivity index (χ1n) is 5.47. The smallest absolute Gasteiger partial charge is 0.225 e. The Kier molecular flexibility index (Phi) is 2.87. The molecule has 0 heterocycles. The summed E-state index contributed by atoms with van der Waals surface area (Å²) in [5, 5.41) is 0. The molecule has 14 heavy (non-hydrogen) atoms. The molecule has 2 fully saturated rings. The molecule has 0 saturated heterocycles. The van der Waals surface area contributed by atoms with Gasteiger partial charge in [-0.2, -0.15) is 0 Å². The van der Waals surface area contributed by atoms with E-state index in [1.165, 1.54) is 6.42 Å². The highest BCUT2D eigenvalue weighted by molar-refractivity contribution is 9.09.